The van der Waals surface area contributed by atoms with Gasteiger partial charge in [-0.05, 0) is 18.2 Å². The largest absolute Gasteiger partial charge is 0.508 e. The minimum Gasteiger partial charge on any atom is -0.508 e. The molecule has 12 heavy (non-hydrogen) atoms. The quantitative estimate of drug-likeness (QED) is 0.582. The molecule has 1 aromatic carbocycles. The first-order chi connectivity index (χ1) is 5.68. The van der Waals surface area contributed by atoms with Crippen molar-refractivity contribution in [3.05, 3.63) is 29.3 Å². The van der Waals surface area contributed by atoms with Crippen LogP contribution in [0.25, 0.3) is 0 Å². The van der Waals surface area contributed by atoms with Gasteiger partial charge in [-0.25, -0.2) is 0 Å². The van der Waals surface area contributed by atoms with Crippen molar-refractivity contribution in [2.75, 3.05) is 0 Å². The predicted molar refractivity (Wildman–Crippen MR) is 41.4 cm³/mol. The smallest absolute Gasteiger partial charge is 0.171 e. The fraction of sp³-hybridized carbons (Fsp3) is 0.111. The van der Waals surface area contributed by atoms with Crippen LogP contribution in [0.5, 0.6) is 5.75 Å². The van der Waals surface area contributed by atoms with Crippen LogP contribution >= 0.6 is 0 Å². The van der Waals surface area contributed by atoms with E-state index in [1.54, 1.807) is 0 Å². The van der Waals surface area contributed by atoms with Gasteiger partial charge >= 0.3 is 0 Å². The van der Waals surface area contributed by atoms with E-state index in [9.17, 15) is 9.59 Å². The Balaban J connectivity index is 2.68. The summed E-state index contributed by atoms with van der Waals surface area (Å²) in [6, 6.07) is 4.23. The van der Waals surface area contributed by atoms with Crippen LogP contribution in [0.4, 0.5) is 0 Å². The molecule has 1 N–H and O–H groups in total. The highest BCUT2D eigenvalue weighted by molar-refractivity contribution is 6.24. The second-order valence-corrected chi connectivity index (χ2v) is 2.75. The van der Waals surface area contributed by atoms with E-state index >= 15 is 0 Å². The molecule has 0 radical (unpaired) electrons. The Morgan fingerprint density at radius 3 is 2.50 bits per heavy atom. The van der Waals surface area contributed by atoms with Gasteiger partial charge in [-0.15, -0.1) is 0 Å². The molecule has 0 bridgehead atoms. The average Bonchev–Trinajstić information content (AvgIpc) is 2.28. The summed E-state index contributed by atoms with van der Waals surface area (Å²) in [5.41, 5.74) is 0.776. The molecule has 1 aromatic rings. The molecule has 0 aliphatic heterocycles. The summed E-state index contributed by atoms with van der Waals surface area (Å²) < 4.78 is 0. The number of hydrogen-bond donors (Lipinski definition) is 1. The lowest BCUT2D eigenvalue weighted by atomic mass is 10.1. The van der Waals surface area contributed by atoms with Gasteiger partial charge in [0.1, 0.15) is 5.75 Å². The second-order valence-electron chi connectivity index (χ2n) is 2.75. The Kier molecular flexibility index (Phi) is 1.27. The molecular formula is C9H6O3. The number of fused-ring (bicyclic) bond motifs is 1. The molecule has 2 rings (SSSR count). The zero-order chi connectivity index (χ0) is 8.72. The van der Waals surface area contributed by atoms with E-state index in [-0.39, 0.29) is 23.7 Å². The van der Waals surface area contributed by atoms with Crippen molar-refractivity contribution < 1.29 is 14.7 Å². The van der Waals surface area contributed by atoms with Crippen molar-refractivity contribution in [2.45, 2.75) is 6.42 Å². The number of ketones is 2. The minimum atomic E-state index is -0.203. The third-order valence-electron chi connectivity index (χ3n) is 1.93. The molecule has 0 aromatic heterocycles. The van der Waals surface area contributed by atoms with Gasteiger partial charge in [0, 0.05) is 11.1 Å². The van der Waals surface area contributed by atoms with Gasteiger partial charge in [0.25, 0.3) is 0 Å². The van der Waals surface area contributed by atoms with Crippen molar-refractivity contribution in [3.63, 3.8) is 0 Å². The molecule has 60 valence electrons. The SMILES string of the molecule is O=C1CC(=O)c2cc(O)ccc21. The van der Waals surface area contributed by atoms with Crippen LogP contribution in [0.2, 0.25) is 0 Å². The van der Waals surface area contributed by atoms with Crippen LogP contribution in [-0.4, -0.2) is 16.7 Å². The second kappa shape index (κ2) is 2.17. The molecule has 1 aliphatic carbocycles. The molecule has 0 saturated carbocycles. The summed E-state index contributed by atoms with van der Waals surface area (Å²) in [6.45, 7) is 0. The minimum absolute atomic E-state index is 0.0248. The van der Waals surface area contributed by atoms with E-state index in [1.165, 1.54) is 18.2 Å². The van der Waals surface area contributed by atoms with Crippen molar-refractivity contribution in [2.24, 2.45) is 0 Å². The van der Waals surface area contributed by atoms with Gasteiger partial charge in [-0.1, -0.05) is 0 Å². The first-order valence-corrected chi connectivity index (χ1v) is 3.58. The normalized spacial score (nSPS) is 15.0. The number of phenolic OH excluding ortho intramolecular Hbond substituents is 1. The lowest BCUT2D eigenvalue weighted by Crippen LogP contribution is -1.90. The highest BCUT2D eigenvalue weighted by Crippen LogP contribution is 2.25. The fourth-order valence-electron chi connectivity index (χ4n) is 1.34. The summed E-state index contributed by atoms with van der Waals surface area (Å²) in [7, 11) is 0. The standard InChI is InChI=1S/C9H6O3/c10-5-1-2-6-7(3-5)9(12)4-8(6)11/h1-3,10H,4H2. The lowest BCUT2D eigenvalue weighted by Gasteiger charge is -1.95. The molecule has 0 heterocycles. The molecule has 0 fully saturated rings. The van der Waals surface area contributed by atoms with E-state index in [1.807, 2.05) is 0 Å². The molecule has 0 spiro atoms. The average molecular weight is 162 g/mol. The maximum atomic E-state index is 11.1. The van der Waals surface area contributed by atoms with Crippen molar-refractivity contribution in [1.29, 1.82) is 0 Å². The van der Waals surface area contributed by atoms with Crippen LogP contribution in [0.1, 0.15) is 27.1 Å². The number of rotatable bonds is 0. The Hall–Kier alpha value is -1.64. The van der Waals surface area contributed by atoms with Gasteiger partial charge in [0.15, 0.2) is 11.6 Å². The van der Waals surface area contributed by atoms with E-state index in [0.29, 0.717) is 11.1 Å². The van der Waals surface area contributed by atoms with Gasteiger partial charge in [0.2, 0.25) is 0 Å². The molecule has 1 aliphatic rings. The van der Waals surface area contributed by atoms with Crippen molar-refractivity contribution in [3.8, 4) is 5.75 Å². The molecule has 0 saturated heterocycles. The van der Waals surface area contributed by atoms with Gasteiger partial charge in [-0.2, -0.15) is 0 Å². The topological polar surface area (TPSA) is 54.4 Å². The first kappa shape index (κ1) is 7.03. The van der Waals surface area contributed by atoms with Crippen LogP contribution in [0.15, 0.2) is 18.2 Å². The van der Waals surface area contributed by atoms with E-state index in [2.05, 4.69) is 0 Å². The number of Topliss-reactive ketones (excluding diaryl/α,β-unsaturated/α-hetero) is 2. The fourth-order valence-corrected chi connectivity index (χ4v) is 1.34. The Labute approximate surface area is 68.6 Å². The number of carbonyl (C=O) groups is 2. The molecule has 0 atom stereocenters. The van der Waals surface area contributed by atoms with Crippen LogP contribution in [0.3, 0.4) is 0 Å². The summed E-state index contributed by atoms with van der Waals surface area (Å²) in [5.74, 6) is -0.335. The molecular weight excluding hydrogens is 156 g/mol. The number of phenols is 1. The van der Waals surface area contributed by atoms with Crippen LogP contribution in [0, 0.1) is 0 Å². The Bertz CT molecular complexity index is 379. The van der Waals surface area contributed by atoms with E-state index in [4.69, 9.17) is 5.11 Å². The predicted octanol–water partition coefficient (Wildman–Crippen LogP) is 1.16. The van der Waals surface area contributed by atoms with Gasteiger partial charge in [0.05, 0.1) is 6.42 Å². The summed E-state index contributed by atoms with van der Waals surface area (Å²) in [4.78, 5) is 22.2. The third-order valence-corrected chi connectivity index (χ3v) is 1.93. The Morgan fingerprint density at radius 1 is 1.08 bits per heavy atom. The number of benzene rings is 1. The molecule has 0 unspecified atom stereocenters. The zero-order valence-electron chi connectivity index (χ0n) is 6.20. The Morgan fingerprint density at radius 2 is 1.75 bits per heavy atom. The van der Waals surface area contributed by atoms with Gasteiger partial charge < -0.3 is 5.11 Å². The number of hydrogen-bond acceptors (Lipinski definition) is 3. The molecule has 3 nitrogen and oxygen atoms in total. The van der Waals surface area contributed by atoms with Crippen LogP contribution in [-0.2, 0) is 0 Å². The van der Waals surface area contributed by atoms with E-state index in [0.717, 1.165) is 0 Å². The van der Waals surface area contributed by atoms with Crippen LogP contribution < -0.4 is 0 Å². The monoisotopic (exact) mass is 162 g/mol. The molecule has 0 amide bonds. The third kappa shape index (κ3) is 0.830. The van der Waals surface area contributed by atoms with Gasteiger partial charge in [-0.3, -0.25) is 9.59 Å². The van der Waals surface area contributed by atoms with E-state index < -0.39 is 0 Å². The van der Waals surface area contributed by atoms with Crippen molar-refractivity contribution in [1.82, 2.24) is 0 Å². The number of aromatic hydroxyl groups is 1. The number of carbonyl (C=O) groups excluding carboxylic acids is 2. The summed E-state index contributed by atoms with van der Waals surface area (Å²) in [6.07, 6.45) is -0.0568. The molecule has 3 heteroatoms. The highest BCUT2D eigenvalue weighted by Gasteiger charge is 2.26. The maximum absolute atomic E-state index is 11.1. The zero-order valence-corrected chi connectivity index (χ0v) is 6.20. The summed E-state index contributed by atoms with van der Waals surface area (Å²) in [5, 5.41) is 9.04. The first-order valence-electron chi connectivity index (χ1n) is 3.58. The van der Waals surface area contributed by atoms with Crippen molar-refractivity contribution >= 4 is 11.6 Å². The lowest BCUT2D eigenvalue weighted by molar-refractivity contribution is 0.0923. The highest BCUT2D eigenvalue weighted by atomic mass is 16.3. The maximum Gasteiger partial charge on any atom is 0.171 e. The summed E-state index contributed by atoms with van der Waals surface area (Å²) >= 11 is 0.